The number of benzene rings is 1. The summed E-state index contributed by atoms with van der Waals surface area (Å²) < 4.78 is 1.03. The highest BCUT2D eigenvalue weighted by atomic mass is 79.9. The summed E-state index contributed by atoms with van der Waals surface area (Å²) in [6.45, 7) is 6.33. The smallest absolute Gasteiger partial charge is 0.0972 e. The SMILES string of the molecule is CC(C)(C)/C=C/[C@H](O)c1ccc(Br)cc1. The Morgan fingerprint density at radius 2 is 1.73 bits per heavy atom. The minimum absolute atomic E-state index is 0.107. The van der Waals surface area contributed by atoms with Gasteiger partial charge in [0.2, 0.25) is 0 Å². The second-order valence-corrected chi connectivity index (χ2v) is 5.64. The fourth-order valence-electron chi connectivity index (χ4n) is 1.15. The van der Waals surface area contributed by atoms with Gasteiger partial charge in [-0.3, -0.25) is 0 Å². The van der Waals surface area contributed by atoms with Gasteiger partial charge < -0.3 is 5.11 Å². The Balaban J connectivity index is 2.73. The second kappa shape index (κ2) is 4.95. The summed E-state index contributed by atoms with van der Waals surface area (Å²) in [6, 6.07) is 7.70. The molecule has 0 unspecified atom stereocenters. The first-order chi connectivity index (χ1) is 6.88. The van der Waals surface area contributed by atoms with E-state index in [1.807, 2.05) is 36.4 Å². The maximum absolute atomic E-state index is 9.87. The molecule has 0 spiro atoms. The number of allylic oxidation sites excluding steroid dienone is 1. The molecule has 0 saturated carbocycles. The zero-order valence-electron chi connectivity index (χ0n) is 9.37. The predicted molar refractivity (Wildman–Crippen MR) is 67.7 cm³/mol. The average Bonchev–Trinajstić information content (AvgIpc) is 2.14. The summed E-state index contributed by atoms with van der Waals surface area (Å²) in [4.78, 5) is 0. The molecular weight excluding hydrogens is 252 g/mol. The molecule has 1 atom stereocenters. The molecule has 1 rings (SSSR count). The lowest BCUT2D eigenvalue weighted by Crippen LogP contribution is -2.01. The molecule has 0 aromatic heterocycles. The highest BCUT2D eigenvalue weighted by molar-refractivity contribution is 9.10. The van der Waals surface area contributed by atoms with Gasteiger partial charge in [0.1, 0.15) is 0 Å². The number of aliphatic hydroxyl groups excluding tert-OH is 1. The van der Waals surface area contributed by atoms with Crippen LogP contribution in [-0.2, 0) is 0 Å². The molecule has 0 aliphatic carbocycles. The highest BCUT2D eigenvalue weighted by Crippen LogP contribution is 2.21. The fourth-order valence-corrected chi connectivity index (χ4v) is 1.42. The van der Waals surface area contributed by atoms with Gasteiger partial charge in [-0.2, -0.15) is 0 Å². The van der Waals surface area contributed by atoms with Crippen LogP contribution in [0.3, 0.4) is 0 Å². The van der Waals surface area contributed by atoms with Crippen LogP contribution < -0.4 is 0 Å². The van der Waals surface area contributed by atoms with E-state index in [4.69, 9.17) is 0 Å². The molecule has 0 radical (unpaired) electrons. The lowest BCUT2D eigenvalue weighted by molar-refractivity contribution is 0.227. The van der Waals surface area contributed by atoms with Crippen LogP contribution in [0.1, 0.15) is 32.4 Å². The highest BCUT2D eigenvalue weighted by Gasteiger charge is 2.07. The topological polar surface area (TPSA) is 20.2 Å². The van der Waals surface area contributed by atoms with Crippen LogP contribution in [0.4, 0.5) is 0 Å². The van der Waals surface area contributed by atoms with E-state index in [0.29, 0.717) is 0 Å². The first-order valence-electron chi connectivity index (χ1n) is 5.01. The van der Waals surface area contributed by atoms with Gasteiger partial charge in [-0.15, -0.1) is 0 Å². The zero-order chi connectivity index (χ0) is 11.5. The molecule has 0 amide bonds. The van der Waals surface area contributed by atoms with Crippen LogP contribution in [0.2, 0.25) is 0 Å². The quantitative estimate of drug-likeness (QED) is 0.802. The van der Waals surface area contributed by atoms with Crippen molar-refractivity contribution in [2.45, 2.75) is 26.9 Å². The molecule has 1 nitrogen and oxygen atoms in total. The maximum atomic E-state index is 9.87. The third kappa shape index (κ3) is 4.63. The van der Waals surface area contributed by atoms with Gasteiger partial charge in [0.15, 0.2) is 0 Å². The summed E-state index contributed by atoms with van der Waals surface area (Å²) >= 11 is 3.37. The van der Waals surface area contributed by atoms with Crippen LogP contribution in [0, 0.1) is 5.41 Å². The molecule has 82 valence electrons. The molecule has 0 aliphatic heterocycles. The second-order valence-electron chi connectivity index (χ2n) is 4.72. The molecule has 1 aromatic rings. The third-order valence-electron chi connectivity index (χ3n) is 1.99. The van der Waals surface area contributed by atoms with Gasteiger partial charge in [-0.25, -0.2) is 0 Å². The van der Waals surface area contributed by atoms with Crippen molar-refractivity contribution in [1.29, 1.82) is 0 Å². The van der Waals surface area contributed by atoms with Gasteiger partial charge in [-0.05, 0) is 23.1 Å². The summed E-state index contributed by atoms with van der Waals surface area (Å²) in [6.07, 6.45) is 3.35. The third-order valence-corrected chi connectivity index (χ3v) is 2.52. The van der Waals surface area contributed by atoms with Gasteiger partial charge >= 0.3 is 0 Å². The van der Waals surface area contributed by atoms with Crippen molar-refractivity contribution in [2.75, 3.05) is 0 Å². The maximum Gasteiger partial charge on any atom is 0.0972 e. The number of hydrogen-bond acceptors (Lipinski definition) is 1. The normalized spacial score (nSPS) is 14.5. The van der Waals surface area contributed by atoms with Crippen LogP contribution in [0.25, 0.3) is 0 Å². The van der Waals surface area contributed by atoms with Crippen molar-refractivity contribution in [3.63, 3.8) is 0 Å². The Labute approximate surface area is 100.0 Å². The Morgan fingerprint density at radius 1 is 1.20 bits per heavy atom. The number of aliphatic hydroxyl groups is 1. The molecule has 1 N–H and O–H groups in total. The first-order valence-corrected chi connectivity index (χ1v) is 5.81. The Hall–Kier alpha value is -0.600. The molecule has 0 aliphatic rings. The summed E-state index contributed by atoms with van der Waals surface area (Å²) in [5.74, 6) is 0. The van der Waals surface area contributed by atoms with E-state index < -0.39 is 6.10 Å². The van der Waals surface area contributed by atoms with Crippen molar-refractivity contribution in [3.8, 4) is 0 Å². The van der Waals surface area contributed by atoms with Crippen molar-refractivity contribution < 1.29 is 5.11 Å². The van der Waals surface area contributed by atoms with Crippen molar-refractivity contribution in [3.05, 3.63) is 46.5 Å². The predicted octanol–water partition coefficient (Wildman–Crippen LogP) is 4.08. The molecule has 0 fully saturated rings. The summed E-state index contributed by atoms with van der Waals surface area (Å²) in [5, 5.41) is 9.87. The van der Waals surface area contributed by atoms with E-state index in [0.717, 1.165) is 10.0 Å². The van der Waals surface area contributed by atoms with E-state index in [2.05, 4.69) is 36.7 Å². The monoisotopic (exact) mass is 268 g/mol. The Kier molecular flexibility index (Phi) is 4.12. The van der Waals surface area contributed by atoms with Gasteiger partial charge in [-0.1, -0.05) is 61.0 Å². The first kappa shape index (κ1) is 12.5. The van der Waals surface area contributed by atoms with Gasteiger partial charge in [0.25, 0.3) is 0 Å². The van der Waals surface area contributed by atoms with Crippen LogP contribution in [0.5, 0.6) is 0 Å². The van der Waals surface area contributed by atoms with E-state index in [1.165, 1.54) is 0 Å². The number of rotatable bonds is 2. The molecule has 15 heavy (non-hydrogen) atoms. The van der Waals surface area contributed by atoms with E-state index in [-0.39, 0.29) is 5.41 Å². The van der Waals surface area contributed by atoms with E-state index >= 15 is 0 Å². The van der Waals surface area contributed by atoms with Crippen molar-refractivity contribution in [1.82, 2.24) is 0 Å². The van der Waals surface area contributed by atoms with E-state index in [9.17, 15) is 5.11 Å². The van der Waals surface area contributed by atoms with Crippen molar-refractivity contribution in [2.24, 2.45) is 5.41 Å². The van der Waals surface area contributed by atoms with Gasteiger partial charge in [0, 0.05) is 4.47 Å². The average molecular weight is 269 g/mol. The standard InChI is InChI=1S/C13H17BrO/c1-13(2,3)9-8-12(15)10-4-6-11(14)7-5-10/h4-9,12,15H,1-3H3/b9-8+/t12-/m0/s1. The van der Waals surface area contributed by atoms with Crippen LogP contribution >= 0.6 is 15.9 Å². The van der Waals surface area contributed by atoms with E-state index in [1.54, 1.807) is 0 Å². The molecular formula is C13H17BrO. The lowest BCUT2D eigenvalue weighted by atomic mass is 9.95. The van der Waals surface area contributed by atoms with Crippen LogP contribution in [-0.4, -0.2) is 5.11 Å². The summed E-state index contributed by atoms with van der Waals surface area (Å²) in [5.41, 5.74) is 1.02. The lowest BCUT2D eigenvalue weighted by Gasteiger charge is -2.13. The number of hydrogen-bond donors (Lipinski definition) is 1. The minimum atomic E-state index is -0.516. The summed E-state index contributed by atoms with van der Waals surface area (Å²) in [7, 11) is 0. The Bertz CT molecular complexity index is 333. The zero-order valence-corrected chi connectivity index (χ0v) is 11.0. The molecule has 0 bridgehead atoms. The van der Waals surface area contributed by atoms with Crippen molar-refractivity contribution >= 4 is 15.9 Å². The largest absolute Gasteiger partial charge is 0.384 e. The Morgan fingerprint density at radius 3 is 2.20 bits per heavy atom. The molecule has 0 saturated heterocycles. The molecule has 0 heterocycles. The fraction of sp³-hybridized carbons (Fsp3) is 0.385. The minimum Gasteiger partial charge on any atom is -0.384 e. The molecule has 2 heteroatoms. The molecule has 1 aromatic carbocycles. The van der Waals surface area contributed by atoms with Crippen LogP contribution in [0.15, 0.2) is 40.9 Å². The number of halogens is 1. The van der Waals surface area contributed by atoms with Gasteiger partial charge in [0.05, 0.1) is 6.10 Å².